The monoisotopic (exact) mass is 508 g/mol. The van der Waals surface area contributed by atoms with E-state index in [2.05, 4.69) is 21.3 Å². The first-order chi connectivity index (χ1) is 18.5. The molecule has 38 heavy (non-hydrogen) atoms. The summed E-state index contributed by atoms with van der Waals surface area (Å²) in [6, 6.07) is 14.4. The summed E-state index contributed by atoms with van der Waals surface area (Å²) in [4.78, 5) is 20.9. The van der Waals surface area contributed by atoms with Gasteiger partial charge in [-0.05, 0) is 80.8 Å². The number of rotatable bonds is 5. The van der Waals surface area contributed by atoms with E-state index < -0.39 is 0 Å². The van der Waals surface area contributed by atoms with Crippen molar-refractivity contribution in [2.45, 2.75) is 63.2 Å². The fraction of sp³-hybridized carbons (Fsp3) is 0.433. The van der Waals surface area contributed by atoms with Crippen LogP contribution in [0, 0.1) is 17.2 Å². The molecule has 1 amide bonds. The number of carbonyl (C=O) groups is 1. The second-order valence-corrected chi connectivity index (χ2v) is 11.3. The second kappa shape index (κ2) is 8.60. The predicted molar refractivity (Wildman–Crippen MR) is 146 cm³/mol. The highest BCUT2D eigenvalue weighted by Gasteiger charge is 2.44. The number of ether oxygens (including phenoxy) is 1. The lowest BCUT2D eigenvalue weighted by atomic mass is 10.0. The van der Waals surface area contributed by atoms with E-state index >= 15 is 0 Å². The van der Waals surface area contributed by atoms with Crippen LogP contribution in [0.5, 0.6) is 5.75 Å². The number of hydrogen-bond donors (Lipinski definition) is 1. The third-order valence-corrected chi connectivity index (χ3v) is 8.86. The summed E-state index contributed by atoms with van der Waals surface area (Å²) in [7, 11) is 3.64. The number of nitrogens with zero attached hydrogens (tertiary/aromatic N) is 5. The van der Waals surface area contributed by atoms with E-state index in [1.165, 1.54) is 12.8 Å². The Morgan fingerprint density at radius 1 is 1.18 bits per heavy atom. The van der Waals surface area contributed by atoms with E-state index in [0.717, 1.165) is 65.7 Å². The van der Waals surface area contributed by atoms with E-state index in [1.807, 2.05) is 42.3 Å². The van der Waals surface area contributed by atoms with Crippen LogP contribution in [0.4, 0.5) is 0 Å². The van der Waals surface area contributed by atoms with Crippen molar-refractivity contribution in [2.24, 2.45) is 18.7 Å². The normalized spacial score (nSPS) is 22.8. The third-order valence-electron chi connectivity index (χ3n) is 8.86. The largest absolute Gasteiger partial charge is 0.494 e. The number of methoxy groups -OCH3 is 1. The molecule has 0 spiro atoms. The van der Waals surface area contributed by atoms with Crippen LogP contribution in [0.15, 0.2) is 36.4 Å². The predicted octanol–water partition coefficient (Wildman–Crippen LogP) is 4.58. The molecule has 4 aromatic rings. The summed E-state index contributed by atoms with van der Waals surface area (Å²) >= 11 is 0. The first-order valence-electron chi connectivity index (χ1n) is 13.6. The highest BCUT2D eigenvalue weighted by atomic mass is 16.5. The average Bonchev–Trinajstić information content (AvgIpc) is 3.55. The Hall–Kier alpha value is -3.83. The van der Waals surface area contributed by atoms with Gasteiger partial charge < -0.3 is 24.5 Å². The maximum atomic E-state index is 13.8. The summed E-state index contributed by atoms with van der Waals surface area (Å²) in [6.45, 7) is 0.923. The van der Waals surface area contributed by atoms with Gasteiger partial charge in [0.2, 0.25) is 0 Å². The van der Waals surface area contributed by atoms with Gasteiger partial charge in [-0.1, -0.05) is 0 Å². The Morgan fingerprint density at radius 3 is 2.76 bits per heavy atom. The number of fused-ring (bicyclic) bond motifs is 4. The van der Waals surface area contributed by atoms with Crippen molar-refractivity contribution in [1.82, 2.24) is 19.0 Å². The molecular weight excluding hydrogens is 476 g/mol. The number of aromatic nitrogens is 3. The minimum absolute atomic E-state index is 0.0203. The quantitative estimate of drug-likeness (QED) is 0.425. The Bertz CT molecular complexity index is 1640. The fourth-order valence-electron chi connectivity index (χ4n) is 6.80. The number of aryl methyl sites for hydroxylation is 1. The number of amides is 1. The molecule has 3 aliphatic rings. The van der Waals surface area contributed by atoms with Crippen molar-refractivity contribution in [3.8, 4) is 23.3 Å². The van der Waals surface area contributed by atoms with Crippen LogP contribution in [0.1, 0.15) is 54.4 Å². The zero-order valence-corrected chi connectivity index (χ0v) is 21.9. The molecule has 3 fully saturated rings. The summed E-state index contributed by atoms with van der Waals surface area (Å²) < 4.78 is 10.2. The lowest BCUT2D eigenvalue weighted by Crippen LogP contribution is -2.47. The van der Waals surface area contributed by atoms with Gasteiger partial charge in [-0.25, -0.2) is 4.98 Å². The van der Waals surface area contributed by atoms with Crippen LogP contribution >= 0.6 is 0 Å². The van der Waals surface area contributed by atoms with E-state index in [0.29, 0.717) is 22.8 Å². The summed E-state index contributed by atoms with van der Waals surface area (Å²) in [5.74, 6) is 2.14. The number of nitrogens with two attached hydrogens (primary N) is 1. The van der Waals surface area contributed by atoms with Crippen molar-refractivity contribution in [3.63, 3.8) is 0 Å². The Balaban J connectivity index is 1.36. The minimum atomic E-state index is 0.0203. The van der Waals surface area contributed by atoms with Gasteiger partial charge in [0.15, 0.2) is 5.82 Å². The van der Waals surface area contributed by atoms with Crippen molar-refractivity contribution >= 4 is 27.8 Å². The number of piperidine rings is 1. The van der Waals surface area contributed by atoms with Gasteiger partial charge in [0.25, 0.3) is 5.91 Å². The van der Waals surface area contributed by atoms with Crippen LogP contribution in [-0.2, 0) is 13.6 Å². The zero-order chi connectivity index (χ0) is 26.1. The summed E-state index contributed by atoms with van der Waals surface area (Å²) in [5, 5.41) is 10.5. The van der Waals surface area contributed by atoms with E-state index in [4.69, 9.17) is 15.5 Å². The van der Waals surface area contributed by atoms with E-state index in [9.17, 15) is 10.1 Å². The summed E-state index contributed by atoms with van der Waals surface area (Å²) in [6.07, 6.45) is 6.46. The molecule has 8 heteroatoms. The van der Waals surface area contributed by atoms with Gasteiger partial charge >= 0.3 is 0 Å². The van der Waals surface area contributed by atoms with Gasteiger partial charge in [0.1, 0.15) is 11.3 Å². The maximum Gasteiger partial charge on any atom is 0.254 e. The van der Waals surface area contributed by atoms with Gasteiger partial charge in [-0.15, -0.1) is 0 Å². The number of nitriles is 1. The highest BCUT2D eigenvalue weighted by molar-refractivity contribution is 6.00. The lowest BCUT2D eigenvalue weighted by molar-refractivity contribution is 0.0587. The molecule has 2 aromatic heterocycles. The molecule has 3 atom stereocenters. The zero-order valence-electron chi connectivity index (χ0n) is 21.9. The molecule has 1 aliphatic carbocycles. The third kappa shape index (κ3) is 3.52. The van der Waals surface area contributed by atoms with Crippen LogP contribution in [-0.4, -0.2) is 50.2 Å². The molecule has 2 bridgehead atoms. The van der Waals surface area contributed by atoms with Gasteiger partial charge in [-0.3, -0.25) is 4.79 Å². The van der Waals surface area contributed by atoms with Crippen LogP contribution in [0.25, 0.3) is 33.5 Å². The van der Waals surface area contributed by atoms with Gasteiger partial charge in [0, 0.05) is 48.2 Å². The molecule has 194 valence electrons. The first kappa shape index (κ1) is 23.3. The molecule has 2 unspecified atom stereocenters. The first-order valence-corrected chi connectivity index (χ1v) is 13.6. The van der Waals surface area contributed by atoms with Crippen molar-refractivity contribution in [2.75, 3.05) is 7.11 Å². The molecule has 1 saturated carbocycles. The number of imidazole rings is 1. The van der Waals surface area contributed by atoms with Crippen LogP contribution < -0.4 is 10.5 Å². The standard InChI is InChI=1S/C30H32N6O2/c1-34-28-23(11-20(13-27(28)38-2)30(37)36-21-4-3-5-25(36)22(32)14-21)33-29(34)26-12-19-10-18(15-31)8-9-24(19)35(26)16-17-6-7-17/h8-13,17,21-22,25H,3-7,14,16,32H2,1-2H3/t21?,22-,25?/m1/s1. The number of carbonyl (C=O) groups excluding carboxylic acids is 1. The van der Waals surface area contributed by atoms with Crippen molar-refractivity contribution in [3.05, 3.63) is 47.5 Å². The molecular formula is C30H32N6O2. The summed E-state index contributed by atoms with van der Waals surface area (Å²) in [5.41, 5.74) is 11.4. The van der Waals surface area contributed by atoms with Crippen LogP contribution in [0.3, 0.4) is 0 Å². The molecule has 7 rings (SSSR count). The number of hydrogen-bond acceptors (Lipinski definition) is 5. The Labute approximate surface area is 221 Å². The fourth-order valence-corrected chi connectivity index (χ4v) is 6.80. The minimum Gasteiger partial charge on any atom is -0.494 e. The second-order valence-electron chi connectivity index (χ2n) is 11.3. The molecule has 4 heterocycles. The van der Waals surface area contributed by atoms with Crippen LogP contribution in [0.2, 0.25) is 0 Å². The topological polar surface area (TPSA) is 102 Å². The highest BCUT2D eigenvalue weighted by Crippen LogP contribution is 2.40. The molecule has 0 radical (unpaired) electrons. The van der Waals surface area contributed by atoms with Gasteiger partial charge in [0.05, 0.1) is 30.0 Å². The Kier molecular flexibility index (Phi) is 5.27. The van der Waals surface area contributed by atoms with Crippen molar-refractivity contribution < 1.29 is 9.53 Å². The number of benzene rings is 2. The van der Waals surface area contributed by atoms with E-state index in [-0.39, 0.29) is 24.0 Å². The van der Waals surface area contributed by atoms with E-state index in [1.54, 1.807) is 7.11 Å². The lowest BCUT2D eigenvalue weighted by Gasteiger charge is -2.35. The average molecular weight is 509 g/mol. The smallest absolute Gasteiger partial charge is 0.254 e. The maximum absolute atomic E-state index is 13.8. The van der Waals surface area contributed by atoms with Gasteiger partial charge in [-0.2, -0.15) is 5.26 Å². The Morgan fingerprint density at radius 2 is 2.03 bits per heavy atom. The molecule has 8 nitrogen and oxygen atoms in total. The molecule has 2 saturated heterocycles. The SMILES string of the molecule is COc1cc(C(=O)N2C3CCCC2[C@H](N)C3)cc2nc(-c3cc4cc(C#N)ccc4n3CC3CC3)n(C)c12. The molecule has 2 aromatic carbocycles. The molecule has 2 aliphatic heterocycles. The van der Waals surface area contributed by atoms with Crippen molar-refractivity contribution in [1.29, 1.82) is 5.26 Å². The molecule has 2 N–H and O–H groups in total.